The van der Waals surface area contributed by atoms with Crippen LogP contribution in [0.25, 0.3) is 0 Å². The first-order valence-corrected chi connectivity index (χ1v) is 6.85. The average molecular weight is 345 g/mol. The minimum Gasteiger partial charge on any atom is -0.480 e. The van der Waals surface area contributed by atoms with Crippen molar-refractivity contribution < 1.29 is 14.7 Å². The zero-order chi connectivity index (χ0) is 13.8. The number of hydrogen-bond donors (Lipinski definition) is 2. The zero-order valence-electron chi connectivity index (χ0n) is 9.54. The highest BCUT2D eigenvalue weighted by Gasteiger charge is 2.12. The highest BCUT2D eigenvalue weighted by atomic mass is 79.9. The predicted molar refractivity (Wildman–Crippen MR) is 70.8 cm³/mol. The average Bonchev–Trinajstić information content (AvgIpc) is 2.94. The third-order valence-corrected chi connectivity index (χ3v) is 3.97. The molecule has 0 aliphatic rings. The van der Waals surface area contributed by atoms with Gasteiger partial charge in [0.15, 0.2) is 0 Å². The second-order valence-corrected chi connectivity index (χ2v) is 5.35. The Balaban J connectivity index is 1.92. The van der Waals surface area contributed by atoms with E-state index in [0.29, 0.717) is 10.6 Å². The summed E-state index contributed by atoms with van der Waals surface area (Å²) in [7, 11) is 0. The van der Waals surface area contributed by atoms with Crippen molar-refractivity contribution in [1.82, 2.24) is 20.3 Å². The maximum Gasteiger partial charge on any atom is 0.325 e. The van der Waals surface area contributed by atoms with Gasteiger partial charge in [-0.25, -0.2) is 4.68 Å². The largest absolute Gasteiger partial charge is 0.480 e. The van der Waals surface area contributed by atoms with Gasteiger partial charge in [-0.05, 0) is 27.4 Å². The van der Waals surface area contributed by atoms with Gasteiger partial charge in [0.2, 0.25) is 0 Å². The third kappa shape index (κ3) is 3.61. The van der Waals surface area contributed by atoms with E-state index in [0.717, 1.165) is 4.47 Å². The van der Waals surface area contributed by atoms with Crippen LogP contribution in [-0.4, -0.2) is 32.0 Å². The first kappa shape index (κ1) is 13.7. The number of aromatic nitrogens is 3. The van der Waals surface area contributed by atoms with Gasteiger partial charge in [0.05, 0.1) is 12.7 Å². The summed E-state index contributed by atoms with van der Waals surface area (Å²) in [4.78, 5) is 22.9. The lowest BCUT2D eigenvalue weighted by molar-refractivity contribution is -0.137. The number of nitrogens with one attached hydrogen (secondary N) is 1. The van der Waals surface area contributed by atoms with Crippen LogP contribution in [0.4, 0.5) is 0 Å². The van der Waals surface area contributed by atoms with Crippen molar-refractivity contribution in [2.45, 2.75) is 13.1 Å². The number of carboxylic acid groups (broad SMARTS) is 1. The fraction of sp³-hybridized carbons (Fsp3) is 0.200. The fourth-order valence-corrected chi connectivity index (χ4v) is 2.81. The number of carbonyl (C=O) groups is 2. The summed E-state index contributed by atoms with van der Waals surface area (Å²) in [5.41, 5.74) is 0.502. The normalized spacial score (nSPS) is 10.4. The molecule has 2 N–H and O–H groups in total. The van der Waals surface area contributed by atoms with Crippen LogP contribution in [0.3, 0.4) is 0 Å². The van der Waals surface area contributed by atoms with E-state index < -0.39 is 5.97 Å². The number of carboxylic acids is 1. The molecule has 0 bridgehead atoms. The van der Waals surface area contributed by atoms with Gasteiger partial charge in [-0.2, -0.15) is 0 Å². The standard InChI is InChI=1S/C10H9BrN4O3S/c11-7-1-2-19-9(7)10(18)12-3-6-4-15(14-13-6)5-8(16)17/h1-2,4H,3,5H2,(H,12,18)(H,16,17). The summed E-state index contributed by atoms with van der Waals surface area (Å²) >= 11 is 4.61. The number of halogens is 1. The summed E-state index contributed by atoms with van der Waals surface area (Å²) in [5, 5.41) is 20.5. The Kier molecular flexibility index (Phi) is 4.27. The van der Waals surface area contributed by atoms with Crippen LogP contribution in [0, 0.1) is 0 Å². The molecule has 0 aliphatic carbocycles. The van der Waals surface area contributed by atoms with Gasteiger partial charge >= 0.3 is 5.97 Å². The molecule has 2 aromatic heterocycles. The minimum absolute atomic E-state index is 0.197. The van der Waals surface area contributed by atoms with E-state index in [-0.39, 0.29) is 19.0 Å². The first-order chi connectivity index (χ1) is 9.06. The van der Waals surface area contributed by atoms with E-state index in [9.17, 15) is 9.59 Å². The van der Waals surface area contributed by atoms with Crippen LogP contribution in [0.2, 0.25) is 0 Å². The Labute approximate surface area is 120 Å². The Morgan fingerprint density at radius 3 is 2.95 bits per heavy atom. The summed E-state index contributed by atoms with van der Waals surface area (Å²) in [6.45, 7) is -0.0553. The monoisotopic (exact) mass is 344 g/mol. The van der Waals surface area contributed by atoms with Crippen molar-refractivity contribution in [3.05, 3.63) is 32.7 Å². The SMILES string of the molecule is O=C(O)Cn1cc(CNC(=O)c2sccc2Br)nn1. The lowest BCUT2D eigenvalue weighted by atomic mass is 10.4. The number of hydrogen-bond acceptors (Lipinski definition) is 5. The molecule has 2 aromatic rings. The summed E-state index contributed by atoms with van der Waals surface area (Å²) in [5.74, 6) is -1.21. The number of amides is 1. The molecule has 0 aromatic carbocycles. The van der Waals surface area contributed by atoms with Gasteiger partial charge < -0.3 is 10.4 Å². The van der Waals surface area contributed by atoms with Crippen molar-refractivity contribution in [1.29, 1.82) is 0 Å². The lowest BCUT2D eigenvalue weighted by Crippen LogP contribution is -2.22. The minimum atomic E-state index is -0.997. The second kappa shape index (κ2) is 5.93. The van der Waals surface area contributed by atoms with Crippen LogP contribution in [0.5, 0.6) is 0 Å². The summed E-state index contributed by atoms with van der Waals surface area (Å²) in [6.07, 6.45) is 1.48. The molecule has 0 saturated heterocycles. The number of rotatable bonds is 5. The first-order valence-electron chi connectivity index (χ1n) is 5.18. The molecule has 0 atom stereocenters. The van der Waals surface area contributed by atoms with E-state index in [2.05, 4.69) is 31.6 Å². The van der Waals surface area contributed by atoms with Crippen LogP contribution in [0.1, 0.15) is 15.4 Å². The zero-order valence-corrected chi connectivity index (χ0v) is 11.9. The molecule has 1 amide bonds. The van der Waals surface area contributed by atoms with Crippen LogP contribution < -0.4 is 5.32 Å². The summed E-state index contributed by atoms with van der Waals surface area (Å²) in [6, 6.07) is 1.79. The Morgan fingerprint density at radius 1 is 1.53 bits per heavy atom. The molecule has 7 nitrogen and oxygen atoms in total. The molecule has 0 radical (unpaired) electrons. The van der Waals surface area contributed by atoms with Gasteiger partial charge in [-0.3, -0.25) is 9.59 Å². The molecule has 2 rings (SSSR count). The topological polar surface area (TPSA) is 97.1 Å². The number of carbonyl (C=O) groups excluding carboxylic acids is 1. The molecular weight excluding hydrogens is 336 g/mol. The highest BCUT2D eigenvalue weighted by molar-refractivity contribution is 9.10. The van der Waals surface area contributed by atoms with E-state index in [1.165, 1.54) is 22.2 Å². The Hall–Kier alpha value is -1.74. The van der Waals surface area contributed by atoms with Crippen molar-refractivity contribution in [2.24, 2.45) is 0 Å². The van der Waals surface area contributed by atoms with E-state index in [1.807, 2.05) is 5.38 Å². The molecule has 0 unspecified atom stereocenters. The second-order valence-electron chi connectivity index (χ2n) is 3.58. The molecular formula is C10H9BrN4O3S. The highest BCUT2D eigenvalue weighted by Crippen LogP contribution is 2.22. The Bertz CT molecular complexity index is 609. The van der Waals surface area contributed by atoms with E-state index in [1.54, 1.807) is 6.07 Å². The van der Waals surface area contributed by atoms with Crippen molar-refractivity contribution in [3.63, 3.8) is 0 Å². The summed E-state index contributed by atoms with van der Waals surface area (Å²) < 4.78 is 1.94. The Morgan fingerprint density at radius 2 is 2.32 bits per heavy atom. The van der Waals surface area contributed by atoms with Gasteiger partial charge in [-0.1, -0.05) is 5.21 Å². The third-order valence-electron chi connectivity index (χ3n) is 2.14. The maximum absolute atomic E-state index is 11.8. The van der Waals surface area contributed by atoms with Crippen LogP contribution in [0.15, 0.2) is 22.1 Å². The molecule has 0 spiro atoms. The van der Waals surface area contributed by atoms with E-state index >= 15 is 0 Å². The van der Waals surface area contributed by atoms with E-state index in [4.69, 9.17) is 5.11 Å². The molecule has 100 valence electrons. The molecule has 0 fully saturated rings. The maximum atomic E-state index is 11.8. The molecule has 0 aliphatic heterocycles. The van der Waals surface area contributed by atoms with Gasteiger partial charge in [0.25, 0.3) is 5.91 Å². The predicted octanol–water partition coefficient (Wildman–Crippen LogP) is 1.12. The quantitative estimate of drug-likeness (QED) is 0.846. The fourth-order valence-electron chi connectivity index (χ4n) is 1.34. The van der Waals surface area contributed by atoms with Crippen molar-refractivity contribution in [2.75, 3.05) is 0 Å². The van der Waals surface area contributed by atoms with Crippen LogP contribution >= 0.6 is 27.3 Å². The van der Waals surface area contributed by atoms with Crippen molar-refractivity contribution >= 4 is 39.1 Å². The van der Waals surface area contributed by atoms with Crippen molar-refractivity contribution in [3.8, 4) is 0 Å². The van der Waals surface area contributed by atoms with Gasteiger partial charge in [-0.15, -0.1) is 16.4 Å². The molecule has 2 heterocycles. The van der Waals surface area contributed by atoms with Gasteiger partial charge in [0.1, 0.15) is 17.1 Å². The number of aliphatic carboxylic acids is 1. The molecule has 19 heavy (non-hydrogen) atoms. The van der Waals surface area contributed by atoms with Gasteiger partial charge in [0, 0.05) is 4.47 Å². The lowest BCUT2D eigenvalue weighted by Gasteiger charge is -2.00. The molecule has 9 heteroatoms. The smallest absolute Gasteiger partial charge is 0.325 e. The van der Waals surface area contributed by atoms with Crippen LogP contribution in [-0.2, 0) is 17.9 Å². The number of nitrogens with zero attached hydrogens (tertiary/aromatic N) is 3. The molecule has 0 saturated carbocycles. The number of thiophene rings is 1.